The average molecular weight is 293 g/mol. The van der Waals surface area contributed by atoms with Crippen molar-refractivity contribution in [3.05, 3.63) is 23.8 Å². The van der Waals surface area contributed by atoms with Gasteiger partial charge in [0.15, 0.2) is 6.10 Å². The lowest BCUT2D eigenvalue weighted by molar-refractivity contribution is -0.143. The van der Waals surface area contributed by atoms with Crippen LogP contribution in [0, 0.1) is 5.92 Å². The molecule has 1 aromatic rings. The first-order valence-corrected chi connectivity index (χ1v) is 7.31. The van der Waals surface area contributed by atoms with Crippen molar-refractivity contribution < 1.29 is 19.0 Å². The topological polar surface area (TPSA) is 56.8 Å². The second-order valence-electron chi connectivity index (χ2n) is 5.56. The summed E-state index contributed by atoms with van der Waals surface area (Å²) in [5.41, 5.74) is 0.981. The molecular formula is C16H23NO4. The predicted molar refractivity (Wildman–Crippen MR) is 79.5 cm³/mol. The Balaban J connectivity index is 2.08. The van der Waals surface area contributed by atoms with E-state index in [1.165, 1.54) is 0 Å². The monoisotopic (exact) mass is 293 g/mol. The molecule has 1 atom stereocenters. The molecule has 1 saturated heterocycles. The molecule has 0 aromatic heterocycles. The summed E-state index contributed by atoms with van der Waals surface area (Å²) in [6.45, 7) is 6.34. The third-order valence-corrected chi connectivity index (χ3v) is 3.29. The van der Waals surface area contributed by atoms with Gasteiger partial charge in [0.25, 0.3) is 0 Å². The lowest BCUT2D eigenvalue weighted by Crippen LogP contribution is -2.24. The highest BCUT2D eigenvalue weighted by Gasteiger charge is 2.29. The first-order chi connectivity index (χ1) is 10.1. The molecule has 0 bridgehead atoms. The third-order valence-electron chi connectivity index (χ3n) is 3.29. The molecule has 0 amide bonds. The van der Waals surface area contributed by atoms with Gasteiger partial charge in [-0.2, -0.15) is 0 Å². The average Bonchev–Trinajstić information content (AvgIpc) is 2.85. The molecule has 5 heteroatoms. The number of ether oxygens (including phenoxy) is 3. The van der Waals surface area contributed by atoms with Crippen molar-refractivity contribution in [1.82, 2.24) is 5.32 Å². The van der Waals surface area contributed by atoms with Gasteiger partial charge in [0.2, 0.25) is 0 Å². The van der Waals surface area contributed by atoms with E-state index in [-0.39, 0.29) is 5.97 Å². The number of rotatable bonds is 7. The number of methoxy groups -OCH3 is 1. The van der Waals surface area contributed by atoms with E-state index in [0.29, 0.717) is 31.2 Å². The van der Waals surface area contributed by atoms with E-state index < -0.39 is 6.10 Å². The molecule has 1 N–H and O–H groups in total. The number of carbonyl (C=O) groups is 1. The molecule has 21 heavy (non-hydrogen) atoms. The van der Waals surface area contributed by atoms with Gasteiger partial charge in [-0.1, -0.05) is 13.8 Å². The second kappa shape index (κ2) is 7.31. The van der Waals surface area contributed by atoms with Gasteiger partial charge >= 0.3 is 5.97 Å². The van der Waals surface area contributed by atoms with Crippen LogP contribution in [0.25, 0.3) is 0 Å². The molecule has 1 aliphatic heterocycles. The Morgan fingerprint density at radius 3 is 2.86 bits per heavy atom. The largest absolute Gasteiger partial charge is 0.497 e. The minimum Gasteiger partial charge on any atom is -0.497 e. The van der Waals surface area contributed by atoms with Crippen LogP contribution in [0.5, 0.6) is 11.5 Å². The highest BCUT2D eigenvalue weighted by Crippen LogP contribution is 2.26. The van der Waals surface area contributed by atoms with E-state index in [9.17, 15) is 4.79 Å². The number of nitrogens with one attached hydrogen (secondary N) is 1. The highest BCUT2D eigenvalue weighted by molar-refractivity contribution is 5.76. The molecule has 1 fully saturated rings. The van der Waals surface area contributed by atoms with Gasteiger partial charge in [0.05, 0.1) is 13.7 Å². The Bertz CT molecular complexity index is 487. The van der Waals surface area contributed by atoms with Crippen LogP contribution in [-0.4, -0.2) is 32.3 Å². The van der Waals surface area contributed by atoms with Crippen LogP contribution < -0.4 is 14.8 Å². The zero-order valence-electron chi connectivity index (χ0n) is 12.8. The number of carbonyl (C=O) groups excluding carboxylic acids is 1. The molecule has 0 spiro atoms. The van der Waals surface area contributed by atoms with Gasteiger partial charge in [-0.05, 0) is 30.7 Å². The summed E-state index contributed by atoms with van der Waals surface area (Å²) >= 11 is 0. The van der Waals surface area contributed by atoms with E-state index in [1.54, 1.807) is 7.11 Å². The maximum atomic E-state index is 11.5. The summed E-state index contributed by atoms with van der Waals surface area (Å²) in [4.78, 5) is 11.5. The van der Waals surface area contributed by atoms with Crippen LogP contribution in [0.3, 0.4) is 0 Å². The normalized spacial score (nSPS) is 17.9. The lowest BCUT2D eigenvalue weighted by atomic mass is 10.1. The van der Waals surface area contributed by atoms with Gasteiger partial charge in [-0.15, -0.1) is 0 Å². The predicted octanol–water partition coefficient (Wildman–Crippen LogP) is 2.14. The summed E-state index contributed by atoms with van der Waals surface area (Å²) in [7, 11) is 1.63. The highest BCUT2D eigenvalue weighted by atomic mass is 16.6. The van der Waals surface area contributed by atoms with Crippen LogP contribution in [0.4, 0.5) is 0 Å². The van der Waals surface area contributed by atoms with E-state index in [4.69, 9.17) is 14.2 Å². The van der Waals surface area contributed by atoms with Crippen LogP contribution in [0.1, 0.15) is 25.8 Å². The van der Waals surface area contributed by atoms with Gasteiger partial charge < -0.3 is 19.5 Å². The zero-order chi connectivity index (χ0) is 15.2. The van der Waals surface area contributed by atoms with Crippen molar-refractivity contribution in [2.24, 2.45) is 5.92 Å². The molecule has 1 aromatic carbocycles. The van der Waals surface area contributed by atoms with Crippen molar-refractivity contribution in [2.75, 3.05) is 20.3 Å². The minimum absolute atomic E-state index is 0.285. The molecule has 0 aliphatic carbocycles. The number of benzene rings is 1. The van der Waals surface area contributed by atoms with Crippen molar-refractivity contribution in [2.45, 2.75) is 32.9 Å². The number of hydrogen-bond donors (Lipinski definition) is 1. The molecule has 0 saturated carbocycles. The summed E-state index contributed by atoms with van der Waals surface area (Å²) in [6, 6.07) is 5.61. The Hall–Kier alpha value is -1.75. The molecule has 1 heterocycles. The fourth-order valence-electron chi connectivity index (χ4n) is 2.17. The van der Waals surface area contributed by atoms with Crippen LogP contribution in [0.15, 0.2) is 18.2 Å². The summed E-state index contributed by atoms with van der Waals surface area (Å²) in [6.07, 6.45) is 0.103. The second-order valence-corrected chi connectivity index (χ2v) is 5.56. The van der Waals surface area contributed by atoms with E-state index in [1.807, 2.05) is 18.2 Å². The molecule has 0 radical (unpaired) electrons. The summed E-state index contributed by atoms with van der Waals surface area (Å²) in [5, 5.41) is 3.38. The Morgan fingerprint density at radius 2 is 2.24 bits per heavy atom. The van der Waals surface area contributed by atoms with Crippen LogP contribution in [-0.2, 0) is 16.1 Å². The fraction of sp³-hybridized carbons (Fsp3) is 0.562. The smallest absolute Gasteiger partial charge is 0.347 e. The summed E-state index contributed by atoms with van der Waals surface area (Å²) < 4.78 is 16.0. The first kappa shape index (κ1) is 15.6. The SMILES string of the molecule is COc1ccc(OC2CCOC2=O)c(CNCC(C)C)c1. The molecule has 1 aliphatic rings. The van der Waals surface area contributed by atoms with Crippen LogP contribution in [0.2, 0.25) is 0 Å². The number of esters is 1. The van der Waals surface area contributed by atoms with Gasteiger partial charge in [-0.3, -0.25) is 0 Å². The molecule has 5 nitrogen and oxygen atoms in total. The van der Waals surface area contributed by atoms with Gasteiger partial charge in [0, 0.05) is 18.5 Å². The lowest BCUT2D eigenvalue weighted by Gasteiger charge is -2.16. The molecule has 116 valence electrons. The quantitative estimate of drug-likeness (QED) is 0.781. The van der Waals surface area contributed by atoms with E-state index in [2.05, 4.69) is 19.2 Å². The molecular weight excluding hydrogens is 270 g/mol. The maximum absolute atomic E-state index is 11.5. The standard InChI is InChI=1S/C16H23NO4/c1-11(2)9-17-10-12-8-13(19-3)4-5-14(12)21-15-6-7-20-16(15)18/h4-5,8,11,15,17H,6-7,9-10H2,1-3H3. The van der Waals surface area contributed by atoms with Gasteiger partial charge in [-0.25, -0.2) is 4.79 Å². The number of hydrogen-bond acceptors (Lipinski definition) is 5. The molecule has 1 unspecified atom stereocenters. The zero-order valence-corrected chi connectivity index (χ0v) is 12.8. The molecule has 2 rings (SSSR count). The van der Waals surface area contributed by atoms with Crippen molar-refractivity contribution in [3.8, 4) is 11.5 Å². The van der Waals surface area contributed by atoms with Crippen molar-refractivity contribution in [3.63, 3.8) is 0 Å². The van der Waals surface area contributed by atoms with E-state index in [0.717, 1.165) is 17.9 Å². The summed E-state index contributed by atoms with van der Waals surface area (Å²) in [5.74, 6) is 1.77. The van der Waals surface area contributed by atoms with E-state index >= 15 is 0 Å². The maximum Gasteiger partial charge on any atom is 0.347 e. The Labute approximate surface area is 125 Å². The fourth-order valence-corrected chi connectivity index (χ4v) is 2.17. The van der Waals surface area contributed by atoms with Gasteiger partial charge in [0.1, 0.15) is 11.5 Å². The third kappa shape index (κ3) is 4.36. The number of cyclic esters (lactones) is 1. The van der Waals surface area contributed by atoms with Crippen molar-refractivity contribution in [1.29, 1.82) is 0 Å². The minimum atomic E-state index is -0.498. The first-order valence-electron chi connectivity index (χ1n) is 7.31. The van der Waals surface area contributed by atoms with Crippen LogP contribution >= 0.6 is 0 Å². The van der Waals surface area contributed by atoms with Crippen molar-refractivity contribution >= 4 is 5.97 Å². The Morgan fingerprint density at radius 1 is 1.43 bits per heavy atom. The Kier molecular flexibility index (Phi) is 5.44.